The third-order valence-corrected chi connectivity index (χ3v) is 2.90. The lowest BCUT2D eigenvalue weighted by molar-refractivity contribution is 0.0797. The molecule has 108 valence electrons. The van der Waals surface area contributed by atoms with E-state index in [9.17, 15) is 4.79 Å². The van der Waals surface area contributed by atoms with E-state index >= 15 is 0 Å². The van der Waals surface area contributed by atoms with Gasteiger partial charge >= 0.3 is 0 Å². The van der Waals surface area contributed by atoms with Gasteiger partial charge in [-0.25, -0.2) is 0 Å². The van der Waals surface area contributed by atoms with Crippen LogP contribution in [0, 0.1) is 16.7 Å². The predicted octanol–water partition coefficient (Wildman–Crippen LogP) is 0.378. The molecule has 4 N–H and O–H groups in total. The lowest BCUT2D eigenvalue weighted by atomic mass is 10.1. The molecular formula is C13H14N6O2. The quantitative estimate of drug-likeness (QED) is 0.420. The highest BCUT2D eigenvalue weighted by molar-refractivity contribution is 6.45. The zero-order valence-corrected chi connectivity index (χ0v) is 11.4. The highest BCUT2D eigenvalue weighted by atomic mass is 16.5. The van der Waals surface area contributed by atoms with E-state index in [1.807, 2.05) is 0 Å². The number of likely N-dealkylation sites (N-methyl/N-ethyl adjacent to an activating group) is 1. The molecule has 0 aromatic heterocycles. The predicted molar refractivity (Wildman–Crippen MR) is 77.5 cm³/mol. The van der Waals surface area contributed by atoms with Gasteiger partial charge in [0, 0.05) is 7.05 Å². The Kier molecular flexibility index (Phi) is 4.04. The van der Waals surface area contributed by atoms with E-state index in [1.165, 1.54) is 0 Å². The minimum absolute atomic E-state index is 0.151. The highest BCUT2D eigenvalue weighted by Gasteiger charge is 2.21. The van der Waals surface area contributed by atoms with Gasteiger partial charge in [0.05, 0.1) is 17.8 Å². The first-order valence-electron chi connectivity index (χ1n) is 6.13. The van der Waals surface area contributed by atoms with Gasteiger partial charge in [-0.1, -0.05) is 0 Å². The average molecular weight is 286 g/mol. The zero-order chi connectivity index (χ0) is 15.4. The maximum Gasteiger partial charge on any atom is 0.257 e. The van der Waals surface area contributed by atoms with Crippen molar-refractivity contribution in [3.63, 3.8) is 0 Å². The molecule has 8 nitrogen and oxygen atoms in total. The fraction of sp³-hybridized carbons (Fsp3) is 0.231. The van der Waals surface area contributed by atoms with Crippen molar-refractivity contribution in [2.45, 2.75) is 0 Å². The molecule has 21 heavy (non-hydrogen) atoms. The van der Waals surface area contributed by atoms with E-state index in [-0.39, 0.29) is 11.6 Å². The molecule has 0 radical (unpaired) electrons. The molecule has 0 saturated carbocycles. The van der Waals surface area contributed by atoms with Gasteiger partial charge in [0.25, 0.3) is 5.91 Å². The van der Waals surface area contributed by atoms with Crippen LogP contribution in [-0.2, 0) is 0 Å². The number of nitriles is 1. The Hall–Kier alpha value is -3.08. The second-order valence-electron chi connectivity index (χ2n) is 4.38. The van der Waals surface area contributed by atoms with Crippen LogP contribution < -0.4 is 15.9 Å². The lowest BCUT2D eigenvalue weighted by Gasteiger charge is -2.12. The van der Waals surface area contributed by atoms with Crippen LogP contribution in [0.4, 0.5) is 5.69 Å². The van der Waals surface area contributed by atoms with Crippen LogP contribution in [0.2, 0.25) is 0 Å². The number of carbonyl (C=O) groups is 1. The van der Waals surface area contributed by atoms with Crippen LogP contribution in [0.5, 0.6) is 5.75 Å². The molecular weight excluding hydrogens is 272 g/mol. The summed E-state index contributed by atoms with van der Waals surface area (Å²) >= 11 is 0. The number of carbonyl (C=O) groups excluding carboxylic acids is 1. The largest absolute Gasteiger partial charge is 0.491 e. The molecule has 2 rings (SSSR count). The van der Waals surface area contributed by atoms with E-state index in [0.29, 0.717) is 30.2 Å². The molecule has 0 bridgehead atoms. The van der Waals surface area contributed by atoms with Crippen LogP contribution in [0.3, 0.4) is 0 Å². The standard InChI is InChI=1S/C13H14N6O2/c1-19-4-5-21-11-3-2-8(6-9(11)13(19)20)17-18-10(7-14)12(15)16/h2-3,6,17H,4-5H2,1H3,(H3,15,16)/b18-10+. The average Bonchev–Trinajstić information content (AvgIpc) is 2.60. The molecule has 1 aromatic carbocycles. The number of amides is 1. The van der Waals surface area contributed by atoms with Crippen LogP contribution >= 0.6 is 0 Å². The molecule has 1 amide bonds. The van der Waals surface area contributed by atoms with Crippen LogP contribution in [-0.4, -0.2) is 42.6 Å². The Bertz CT molecular complexity index is 661. The number of nitrogens with two attached hydrogens (primary N) is 1. The van der Waals surface area contributed by atoms with Crippen LogP contribution in [0.1, 0.15) is 10.4 Å². The third kappa shape index (κ3) is 3.09. The number of ether oxygens (including phenoxy) is 1. The van der Waals surface area contributed by atoms with Crippen molar-refractivity contribution in [2.75, 3.05) is 25.6 Å². The Morgan fingerprint density at radius 2 is 2.38 bits per heavy atom. The zero-order valence-electron chi connectivity index (χ0n) is 11.4. The SMILES string of the molecule is CN1CCOc2ccc(N/N=C(\C#N)C(=N)N)cc2C1=O. The maximum absolute atomic E-state index is 12.2. The normalized spacial score (nSPS) is 14.6. The van der Waals surface area contributed by atoms with Crippen LogP contribution in [0.25, 0.3) is 0 Å². The fourth-order valence-corrected chi connectivity index (χ4v) is 1.76. The summed E-state index contributed by atoms with van der Waals surface area (Å²) in [5.41, 5.74) is 8.47. The smallest absolute Gasteiger partial charge is 0.257 e. The molecule has 0 fully saturated rings. The molecule has 0 unspecified atom stereocenters. The van der Waals surface area contributed by atoms with Gasteiger partial charge in [-0.2, -0.15) is 10.4 Å². The van der Waals surface area contributed by atoms with Crippen molar-refractivity contribution in [3.8, 4) is 11.8 Å². The number of amidine groups is 1. The summed E-state index contributed by atoms with van der Waals surface area (Å²) < 4.78 is 5.50. The number of fused-ring (bicyclic) bond motifs is 1. The Balaban J connectivity index is 2.29. The number of benzene rings is 1. The summed E-state index contributed by atoms with van der Waals surface area (Å²) in [6, 6.07) is 6.60. The van der Waals surface area contributed by atoms with Gasteiger partial charge in [0.2, 0.25) is 5.71 Å². The lowest BCUT2D eigenvalue weighted by Crippen LogP contribution is -2.27. The molecule has 0 atom stereocenters. The second kappa shape index (κ2) is 5.92. The number of hydrazone groups is 1. The molecule has 0 spiro atoms. The van der Waals surface area contributed by atoms with Gasteiger partial charge in [0.15, 0.2) is 5.84 Å². The first-order valence-corrected chi connectivity index (χ1v) is 6.13. The molecule has 1 aliphatic heterocycles. The number of hydrogen-bond donors (Lipinski definition) is 3. The number of hydrogen-bond acceptors (Lipinski definition) is 6. The topological polar surface area (TPSA) is 128 Å². The summed E-state index contributed by atoms with van der Waals surface area (Å²) in [5.74, 6) is -0.0768. The van der Waals surface area contributed by atoms with E-state index in [4.69, 9.17) is 21.1 Å². The van der Waals surface area contributed by atoms with Gasteiger partial charge in [-0.15, -0.1) is 0 Å². The summed E-state index contributed by atoms with van der Waals surface area (Å²) in [6.07, 6.45) is 0. The Labute approximate surface area is 121 Å². The first-order chi connectivity index (χ1) is 10.0. The number of nitrogens with one attached hydrogen (secondary N) is 2. The maximum atomic E-state index is 12.2. The van der Waals surface area contributed by atoms with E-state index in [1.54, 1.807) is 36.2 Å². The summed E-state index contributed by atoms with van der Waals surface area (Å²) in [6.45, 7) is 0.945. The summed E-state index contributed by atoms with van der Waals surface area (Å²) in [7, 11) is 1.70. The van der Waals surface area contributed by atoms with Crippen molar-refractivity contribution in [1.29, 1.82) is 10.7 Å². The van der Waals surface area contributed by atoms with E-state index in [0.717, 1.165) is 0 Å². The Morgan fingerprint density at radius 1 is 1.62 bits per heavy atom. The fourth-order valence-electron chi connectivity index (χ4n) is 1.76. The number of nitrogens with zero attached hydrogens (tertiary/aromatic N) is 3. The Morgan fingerprint density at radius 3 is 3.05 bits per heavy atom. The monoisotopic (exact) mass is 286 g/mol. The molecule has 0 saturated heterocycles. The molecule has 0 aliphatic carbocycles. The van der Waals surface area contributed by atoms with Crippen molar-refractivity contribution in [1.82, 2.24) is 4.90 Å². The molecule has 8 heteroatoms. The first kappa shape index (κ1) is 14.3. The van der Waals surface area contributed by atoms with E-state index in [2.05, 4.69) is 10.5 Å². The van der Waals surface area contributed by atoms with Gasteiger partial charge in [-0.05, 0) is 18.2 Å². The molecule has 1 aliphatic rings. The minimum Gasteiger partial charge on any atom is -0.491 e. The van der Waals surface area contributed by atoms with Crippen molar-refractivity contribution in [3.05, 3.63) is 23.8 Å². The van der Waals surface area contributed by atoms with Gasteiger partial charge < -0.3 is 15.4 Å². The van der Waals surface area contributed by atoms with Gasteiger partial charge in [0.1, 0.15) is 18.4 Å². The second-order valence-corrected chi connectivity index (χ2v) is 4.38. The van der Waals surface area contributed by atoms with Crippen LogP contribution in [0.15, 0.2) is 23.3 Å². The molecule has 1 heterocycles. The number of anilines is 1. The van der Waals surface area contributed by atoms with E-state index < -0.39 is 5.84 Å². The summed E-state index contributed by atoms with van der Waals surface area (Å²) in [4.78, 5) is 13.7. The van der Waals surface area contributed by atoms with Crippen molar-refractivity contribution < 1.29 is 9.53 Å². The number of rotatable bonds is 3. The van der Waals surface area contributed by atoms with Crippen molar-refractivity contribution >= 4 is 23.1 Å². The van der Waals surface area contributed by atoms with Crippen molar-refractivity contribution in [2.24, 2.45) is 10.8 Å². The molecule has 1 aromatic rings. The third-order valence-electron chi connectivity index (χ3n) is 2.90. The minimum atomic E-state index is -0.432. The van der Waals surface area contributed by atoms with Gasteiger partial charge in [-0.3, -0.25) is 15.6 Å². The highest BCUT2D eigenvalue weighted by Crippen LogP contribution is 2.26. The summed E-state index contributed by atoms with van der Waals surface area (Å²) in [5, 5.41) is 19.6.